The molecule has 0 N–H and O–H groups in total. The van der Waals surface area contributed by atoms with E-state index in [4.69, 9.17) is 4.74 Å². The van der Waals surface area contributed by atoms with Gasteiger partial charge in [0, 0.05) is 26.4 Å². The molecular formula is C12H18N2O. The number of hydrogen-bond acceptors (Lipinski definition) is 3. The van der Waals surface area contributed by atoms with E-state index in [2.05, 4.69) is 22.9 Å². The van der Waals surface area contributed by atoms with E-state index in [9.17, 15) is 0 Å². The first-order valence-corrected chi connectivity index (χ1v) is 5.50. The molecule has 2 atom stereocenters. The molecular weight excluding hydrogens is 188 g/mol. The van der Waals surface area contributed by atoms with Gasteiger partial charge in [-0.3, -0.25) is 0 Å². The minimum Gasteiger partial charge on any atom is -0.379 e. The number of piperidine rings is 1. The minimum absolute atomic E-state index is 0.334. The van der Waals surface area contributed by atoms with E-state index in [1.165, 1.54) is 6.42 Å². The zero-order valence-electron chi connectivity index (χ0n) is 9.39. The van der Waals surface area contributed by atoms with Crippen molar-refractivity contribution in [1.29, 1.82) is 0 Å². The predicted octanol–water partition coefficient (Wildman–Crippen LogP) is 1.94. The molecule has 2 rings (SSSR count). The number of ether oxygens (including phenoxy) is 1. The molecule has 0 saturated carbocycles. The maximum Gasteiger partial charge on any atom is 0.128 e. The fraction of sp³-hybridized carbons (Fsp3) is 0.583. The van der Waals surface area contributed by atoms with Gasteiger partial charge in [0.15, 0.2) is 0 Å². The number of hydrogen-bond donors (Lipinski definition) is 0. The Morgan fingerprint density at radius 3 is 3.00 bits per heavy atom. The fourth-order valence-electron chi connectivity index (χ4n) is 2.09. The highest BCUT2D eigenvalue weighted by Gasteiger charge is 2.26. The fourth-order valence-corrected chi connectivity index (χ4v) is 2.09. The molecule has 3 nitrogen and oxygen atoms in total. The average Bonchev–Trinajstić information content (AvgIpc) is 2.31. The second kappa shape index (κ2) is 4.62. The van der Waals surface area contributed by atoms with Crippen molar-refractivity contribution in [2.75, 3.05) is 25.1 Å². The van der Waals surface area contributed by atoms with Gasteiger partial charge in [0.1, 0.15) is 5.82 Å². The third-order valence-corrected chi connectivity index (χ3v) is 3.17. The van der Waals surface area contributed by atoms with Crippen LogP contribution >= 0.6 is 0 Å². The first kappa shape index (κ1) is 10.4. The molecule has 15 heavy (non-hydrogen) atoms. The van der Waals surface area contributed by atoms with Crippen LogP contribution in [0.2, 0.25) is 0 Å². The molecule has 0 spiro atoms. The van der Waals surface area contributed by atoms with Crippen molar-refractivity contribution < 1.29 is 4.74 Å². The first-order chi connectivity index (χ1) is 7.31. The van der Waals surface area contributed by atoms with Crippen LogP contribution in [0.3, 0.4) is 0 Å². The van der Waals surface area contributed by atoms with Gasteiger partial charge in [-0.15, -0.1) is 0 Å². The van der Waals surface area contributed by atoms with Gasteiger partial charge in [-0.25, -0.2) is 4.98 Å². The topological polar surface area (TPSA) is 25.4 Å². The van der Waals surface area contributed by atoms with E-state index in [1.807, 2.05) is 18.3 Å². The van der Waals surface area contributed by atoms with Crippen molar-refractivity contribution in [2.45, 2.75) is 19.4 Å². The van der Waals surface area contributed by atoms with E-state index >= 15 is 0 Å². The Kier molecular flexibility index (Phi) is 3.21. The van der Waals surface area contributed by atoms with Gasteiger partial charge in [-0.05, 0) is 24.5 Å². The van der Waals surface area contributed by atoms with Crippen molar-refractivity contribution in [1.82, 2.24) is 4.98 Å². The molecule has 0 bridgehead atoms. The van der Waals surface area contributed by atoms with Crippen LogP contribution in [0.5, 0.6) is 0 Å². The molecule has 1 aromatic rings. The molecule has 1 aliphatic heterocycles. The van der Waals surface area contributed by atoms with Crippen LogP contribution in [-0.2, 0) is 4.74 Å². The van der Waals surface area contributed by atoms with Crippen molar-refractivity contribution in [3.63, 3.8) is 0 Å². The summed E-state index contributed by atoms with van der Waals surface area (Å²) in [7, 11) is 1.79. The van der Waals surface area contributed by atoms with Crippen LogP contribution in [0.25, 0.3) is 0 Å². The lowest BCUT2D eigenvalue weighted by Gasteiger charge is -2.36. The van der Waals surface area contributed by atoms with Crippen molar-refractivity contribution in [3.05, 3.63) is 24.4 Å². The normalized spacial score (nSPS) is 26.7. The van der Waals surface area contributed by atoms with Gasteiger partial charge in [-0.2, -0.15) is 0 Å². The van der Waals surface area contributed by atoms with Gasteiger partial charge >= 0.3 is 0 Å². The Labute approximate surface area is 91.1 Å². The SMILES string of the molecule is COC1CN(c2ccccn2)CCC1C. The Bertz CT molecular complexity index is 302. The molecule has 0 radical (unpaired) electrons. The van der Waals surface area contributed by atoms with E-state index in [0.717, 1.165) is 18.9 Å². The summed E-state index contributed by atoms with van der Waals surface area (Å²) < 4.78 is 5.49. The predicted molar refractivity (Wildman–Crippen MR) is 61.0 cm³/mol. The maximum absolute atomic E-state index is 5.49. The smallest absolute Gasteiger partial charge is 0.128 e. The standard InChI is InChI=1S/C12H18N2O/c1-10-6-8-14(9-11(10)15-2)12-5-3-4-7-13-12/h3-5,7,10-11H,6,8-9H2,1-2H3. The lowest BCUT2D eigenvalue weighted by atomic mass is 9.96. The summed E-state index contributed by atoms with van der Waals surface area (Å²) in [5, 5.41) is 0. The zero-order valence-corrected chi connectivity index (χ0v) is 9.39. The lowest BCUT2D eigenvalue weighted by molar-refractivity contribution is 0.0496. The third kappa shape index (κ3) is 2.29. The summed E-state index contributed by atoms with van der Waals surface area (Å²) in [6.45, 7) is 4.29. The summed E-state index contributed by atoms with van der Waals surface area (Å²) in [5.74, 6) is 1.71. The van der Waals surface area contributed by atoms with Gasteiger partial charge in [0.05, 0.1) is 6.10 Å². The average molecular weight is 206 g/mol. The maximum atomic E-state index is 5.49. The summed E-state index contributed by atoms with van der Waals surface area (Å²) in [4.78, 5) is 6.67. The Balaban J connectivity index is 2.06. The Hall–Kier alpha value is -1.09. The van der Waals surface area contributed by atoms with Crippen molar-refractivity contribution >= 4 is 5.82 Å². The number of nitrogens with zero attached hydrogens (tertiary/aromatic N) is 2. The summed E-state index contributed by atoms with van der Waals surface area (Å²) in [6.07, 6.45) is 3.35. The van der Waals surface area contributed by atoms with Gasteiger partial charge < -0.3 is 9.64 Å². The molecule has 1 fully saturated rings. The quantitative estimate of drug-likeness (QED) is 0.739. The van der Waals surface area contributed by atoms with Crippen LogP contribution in [-0.4, -0.2) is 31.3 Å². The lowest BCUT2D eigenvalue weighted by Crippen LogP contribution is -2.44. The molecule has 0 aliphatic carbocycles. The number of methoxy groups -OCH3 is 1. The molecule has 0 aromatic carbocycles. The number of pyridine rings is 1. The number of anilines is 1. The highest BCUT2D eigenvalue weighted by molar-refractivity contribution is 5.38. The molecule has 2 unspecified atom stereocenters. The van der Waals surface area contributed by atoms with Crippen LogP contribution in [0.15, 0.2) is 24.4 Å². The van der Waals surface area contributed by atoms with E-state index < -0.39 is 0 Å². The third-order valence-electron chi connectivity index (χ3n) is 3.17. The number of aromatic nitrogens is 1. The second-order valence-electron chi connectivity index (χ2n) is 4.17. The van der Waals surface area contributed by atoms with E-state index in [-0.39, 0.29) is 0 Å². The summed E-state index contributed by atoms with van der Waals surface area (Å²) >= 11 is 0. The molecule has 0 amide bonds. The van der Waals surface area contributed by atoms with Crippen LogP contribution in [0, 0.1) is 5.92 Å². The Morgan fingerprint density at radius 2 is 2.33 bits per heavy atom. The van der Waals surface area contributed by atoms with Gasteiger partial charge in [-0.1, -0.05) is 13.0 Å². The van der Waals surface area contributed by atoms with E-state index in [0.29, 0.717) is 12.0 Å². The molecule has 3 heteroatoms. The minimum atomic E-state index is 0.334. The van der Waals surface area contributed by atoms with Gasteiger partial charge in [0.25, 0.3) is 0 Å². The first-order valence-electron chi connectivity index (χ1n) is 5.50. The molecule has 1 aliphatic rings. The molecule has 82 valence electrons. The summed E-state index contributed by atoms with van der Waals surface area (Å²) in [6, 6.07) is 6.04. The highest BCUT2D eigenvalue weighted by Crippen LogP contribution is 2.22. The largest absolute Gasteiger partial charge is 0.379 e. The Morgan fingerprint density at radius 1 is 1.47 bits per heavy atom. The summed E-state index contributed by atoms with van der Waals surface area (Å²) in [5.41, 5.74) is 0. The van der Waals surface area contributed by atoms with Crippen molar-refractivity contribution in [2.24, 2.45) is 5.92 Å². The monoisotopic (exact) mass is 206 g/mol. The zero-order chi connectivity index (χ0) is 10.7. The number of rotatable bonds is 2. The van der Waals surface area contributed by atoms with Crippen molar-refractivity contribution in [3.8, 4) is 0 Å². The van der Waals surface area contributed by atoms with Crippen LogP contribution in [0.4, 0.5) is 5.82 Å². The van der Waals surface area contributed by atoms with Gasteiger partial charge in [0.2, 0.25) is 0 Å². The molecule has 1 aromatic heterocycles. The molecule has 2 heterocycles. The van der Waals surface area contributed by atoms with Crippen LogP contribution < -0.4 is 4.90 Å². The second-order valence-corrected chi connectivity index (χ2v) is 4.17. The highest BCUT2D eigenvalue weighted by atomic mass is 16.5. The molecule has 1 saturated heterocycles. The van der Waals surface area contributed by atoms with E-state index in [1.54, 1.807) is 7.11 Å². The van der Waals surface area contributed by atoms with Crippen LogP contribution in [0.1, 0.15) is 13.3 Å².